The summed E-state index contributed by atoms with van der Waals surface area (Å²) in [5.74, 6) is 0.0974. The average molecular weight is 288 g/mol. The molecule has 0 fully saturated rings. The van der Waals surface area contributed by atoms with Gasteiger partial charge in [-0.25, -0.2) is 0 Å². The van der Waals surface area contributed by atoms with E-state index in [1.54, 1.807) is 4.90 Å². The SMILES string of the molecule is Cc1cc(C)n(CCN(C)C(=O)C(C)(C)n2cccc2)n1. The number of aromatic nitrogens is 3. The molecule has 2 rings (SSSR count). The predicted molar refractivity (Wildman–Crippen MR) is 83.1 cm³/mol. The van der Waals surface area contributed by atoms with Crippen molar-refractivity contribution in [1.82, 2.24) is 19.2 Å². The number of carbonyl (C=O) groups is 1. The summed E-state index contributed by atoms with van der Waals surface area (Å²) in [6.07, 6.45) is 3.85. The van der Waals surface area contributed by atoms with E-state index in [9.17, 15) is 4.79 Å². The molecular weight excluding hydrogens is 264 g/mol. The lowest BCUT2D eigenvalue weighted by Crippen LogP contribution is -2.45. The van der Waals surface area contributed by atoms with Crippen LogP contribution in [0.2, 0.25) is 0 Å². The molecule has 0 radical (unpaired) electrons. The van der Waals surface area contributed by atoms with Gasteiger partial charge in [0.2, 0.25) is 5.91 Å². The Morgan fingerprint density at radius 3 is 2.43 bits per heavy atom. The van der Waals surface area contributed by atoms with Gasteiger partial charge in [0.1, 0.15) is 5.54 Å². The molecule has 0 aliphatic heterocycles. The lowest BCUT2D eigenvalue weighted by atomic mass is 10.0. The summed E-state index contributed by atoms with van der Waals surface area (Å²) in [5, 5.41) is 4.43. The van der Waals surface area contributed by atoms with Crippen molar-refractivity contribution in [2.45, 2.75) is 39.8 Å². The van der Waals surface area contributed by atoms with Gasteiger partial charge in [0.25, 0.3) is 0 Å². The Kier molecular flexibility index (Phi) is 4.21. The molecule has 114 valence electrons. The Labute approximate surface area is 126 Å². The zero-order valence-corrected chi connectivity index (χ0v) is 13.5. The smallest absolute Gasteiger partial charge is 0.248 e. The summed E-state index contributed by atoms with van der Waals surface area (Å²) in [5.41, 5.74) is 1.56. The minimum atomic E-state index is -0.576. The Balaban J connectivity index is 2.01. The molecule has 0 aliphatic rings. The van der Waals surface area contributed by atoms with Crippen LogP contribution in [0.1, 0.15) is 25.2 Å². The van der Waals surface area contributed by atoms with Crippen molar-refractivity contribution >= 4 is 5.91 Å². The van der Waals surface area contributed by atoms with Gasteiger partial charge in [-0.1, -0.05) is 0 Å². The van der Waals surface area contributed by atoms with Gasteiger partial charge in [-0.15, -0.1) is 0 Å². The fourth-order valence-electron chi connectivity index (χ4n) is 2.53. The number of likely N-dealkylation sites (N-methyl/N-ethyl adjacent to an activating group) is 1. The predicted octanol–water partition coefficient (Wildman–Crippen LogP) is 2.20. The molecule has 0 spiro atoms. The second kappa shape index (κ2) is 5.76. The number of hydrogen-bond acceptors (Lipinski definition) is 2. The molecule has 2 heterocycles. The first-order chi connectivity index (χ1) is 9.82. The Hall–Kier alpha value is -2.04. The van der Waals surface area contributed by atoms with E-state index in [1.807, 2.05) is 74.6 Å². The molecule has 21 heavy (non-hydrogen) atoms. The molecule has 0 aromatic carbocycles. The molecule has 5 heteroatoms. The minimum absolute atomic E-state index is 0.0974. The molecule has 0 bridgehead atoms. The van der Waals surface area contributed by atoms with Crippen LogP contribution >= 0.6 is 0 Å². The van der Waals surface area contributed by atoms with Gasteiger partial charge in [-0.05, 0) is 45.9 Å². The van der Waals surface area contributed by atoms with Gasteiger partial charge in [0.15, 0.2) is 0 Å². The summed E-state index contributed by atoms with van der Waals surface area (Å²) in [6.45, 7) is 9.25. The van der Waals surface area contributed by atoms with Crippen molar-refractivity contribution in [1.29, 1.82) is 0 Å². The van der Waals surface area contributed by atoms with Crippen LogP contribution in [-0.4, -0.2) is 38.7 Å². The summed E-state index contributed by atoms with van der Waals surface area (Å²) in [4.78, 5) is 14.4. The maximum atomic E-state index is 12.6. The van der Waals surface area contributed by atoms with E-state index < -0.39 is 5.54 Å². The molecule has 2 aromatic rings. The van der Waals surface area contributed by atoms with Crippen molar-refractivity contribution in [2.24, 2.45) is 0 Å². The van der Waals surface area contributed by atoms with E-state index in [0.717, 1.165) is 11.4 Å². The Morgan fingerprint density at radius 2 is 1.90 bits per heavy atom. The van der Waals surface area contributed by atoms with E-state index in [4.69, 9.17) is 0 Å². The Bertz CT molecular complexity index is 610. The fourth-order valence-corrected chi connectivity index (χ4v) is 2.53. The average Bonchev–Trinajstić information content (AvgIpc) is 3.05. The first-order valence-electron chi connectivity index (χ1n) is 7.22. The fraction of sp³-hybridized carbons (Fsp3) is 0.500. The number of nitrogens with zero attached hydrogens (tertiary/aromatic N) is 4. The van der Waals surface area contributed by atoms with Crippen LogP contribution in [0.25, 0.3) is 0 Å². The first kappa shape index (κ1) is 15.4. The third-order valence-corrected chi connectivity index (χ3v) is 3.87. The summed E-state index contributed by atoms with van der Waals surface area (Å²) >= 11 is 0. The van der Waals surface area contributed by atoms with Gasteiger partial charge in [-0.3, -0.25) is 9.48 Å². The summed E-state index contributed by atoms with van der Waals surface area (Å²) < 4.78 is 3.89. The standard InChI is InChI=1S/C16H24N4O/c1-13-12-14(2)20(17-13)11-10-18(5)15(21)16(3,4)19-8-6-7-9-19/h6-9,12H,10-11H2,1-5H3. The number of amides is 1. The van der Waals surface area contributed by atoms with E-state index in [0.29, 0.717) is 13.1 Å². The van der Waals surface area contributed by atoms with Crippen molar-refractivity contribution in [3.8, 4) is 0 Å². The third-order valence-electron chi connectivity index (χ3n) is 3.87. The lowest BCUT2D eigenvalue weighted by molar-refractivity contribution is -0.138. The van der Waals surface area contributed by atoms with Crippen molar-refractivity contribution in [3.63, 3.8) is 0 Å². The van der Waals surface area contributed by atoms with Crippen LogP contribution in [-0.2, 0) is 16.9 Å². The molecule has 5 nitrogen and oxygen atoms in total. The molecule has 0 saturated heterocycles. The van der Waals surface area contributed by atoms with Crippen LogP contribution in [0.4, 0.5) is 0 Å². The molecule has 0 saturated carbocycles. The van der Waals surface area contributed by atoms with Gasteiger partial charge in [0.05, 0.1) is 12.2 Å². The number of rotatable bonds is 5. The van der Waals surface area contributed by atoms with Gasteiger partial charge < -0.3 is 9.47 Å². The number of hydrogen-bond donors (Lipinski definition) is 0. The molecule has 0 N–H and O–H groups in total. The number of aryl methyl sites for hydroxylation is 2. The second-order valence-electron chi connectivity index (χ2n) is 6.03. The summed E-state index contributed by atoms with van der Waals surface area (Å²) in [6, 6.07) is 5.92. The monoisotopic (exact) mass is 288 g/mol. The zero-order valence-electron chi connectivity index (χ0n) is 13.5. The van der Waals surface area contributed by atoms with Gasteiger partial charge >= 0.3 is 0 Å². The van der Waals surface area contributed by atoms with Crippen LogP contribution in [0.15, 0.2) is 30.6 Å². The van der Waals surface area contributed by atoms with E-state index in [1.165, 1.54) is 0 Å². The molecule has 0 atom stereocenters. The Morgan fingerprint density at radius 1 is 1.29 bits per heavy atom. The third kappa shape index (κ3) is 3.17. The quantitative estimate of drug-likeness (QED) is 0.846. The highest BCUT2D eigenvalue weighted by Crippen LogP contribution is 2.18. The second-order valence-corrected chi connectivity index (χ2v) is 6.03. The van der Waals surface area contributed by atoms with Crippen LogP contribution in [0, 0.1) is 13.8 Å². The molecule has 1 amide bonds. The maximum absolute atomic E-state index is 12.6. The molecule has 0 aliphatic carbocycles. The molecule has 2 aromatic heterocycles. The van der Waals surface area contributed by atoms with Crippen molar-refractivity contribution < 1.29 is 4.79 Å². The van der Waals surface area contributed by atoms with E-state index >= 15 is 0 Å². The van der Waals surface area contributed by atoms with E-state index in [2.05, 4.69) is 5.10 Å². The summed E-state index contributed by atoms with van der Waals surface area (Å²) in [7, 11) is 1.85. The highest BCUT2D eigenvalue weighted by Gasteiger charge is 2.31. The topological polar surface area (TPSA) is 43.1 Å². The highest BCUT2D eigenvalue weighted by atomic mass is 16.2. The maximum Gasteiger partial charge on any atom is 0.248 e. The lowest BCUT2D eigenvalue weighted by Gasteiger charge is -2.31. The highest BCUT2D eigenvalue weighted by molar-refractivity contribution is 5.83. The van der Waals surface area contributed by atoms with Crippen LogP contribution in [0.3, 0.4) is 0 Å². The zero-order chi connectivity index (χ0) is 15.6. The normalized spacial score (nSPS) is 11.7. The van der Waals surface area contributed by atoms with Crippen molar-refractivity contribution in [2.75, 3.05) is 13.6 Å². The largest absolute Gasteiger partial charge is 0.342 e. The van der Waals surface area contributed by atoms with Gasteiger partial charge in [-0.2, -0.15) is 5.10 Å². The van der Waals surface area contributed by atoms with E-state index in [-0.39, 0.29) is 5.91 Å². The number of carbonyl (C=O) groups excluding carboxylic acids is 1. The molecule has 0 unspecified atom stereocenters. The van der Waals surface area contributed by atoms with Crippen LogP contribution < -0.4 is 0 Å². The van der Waals surface area contributed by atoms with Crippen molar-refractivity contribution in [3.05, 3.63) is 42.0 Å². The molecular formula is C16H24N4O. The first-order valence-corrected chi connectivity index (χ1v) is 7.22. The van der Waals surface area contributed by atoms with Gasteiger partial charge in [0, 0.05) is 31.7 Å². The van der Waals surface area contributed by atoms with Crippen LogP contribution in [0.5, 0.6) is 0 Å². The minimum Gasteiger partial charge on any atom is -0.342 e.